The largest absolute Gasteiger partial charge is 0.442 e. The molecule has 0 spiro atoms. The van der Waals surface area contributed by atoms with E-state index < -0.39 is 17.5 Å². The molecular formula is C28H38FN7O3. The van der Waals surface area contributed by atoms with Gasteiger partial charge in [-0.3, -0.25) is 0 Å². The first-order valence-electron chi connectivity index (χ1n) is 13.2. The van der Waals surface area contributed by atoms with Crippen LogP contribution in [-0.4, -0.2) is 60.2 Å². The molecule has 2 fully saturated rings. The quantitative estimate of drug-likeness (QED) is 0.379. The predicted octanol–water partition coefficient (Wildman–Crippen LogP) is 4.96. The van der Waals surface area contributed by atoms with Crippen LogP contribution in [0, 0.1) is 17.7 Å². The number of hydrogen-bond donors (Lipinski definition) is 3. The summed E-state index contributed by atoms with van der Waals surface area (Å²) in [5.74, 6) is 0.875. The third-order valence-corrected chi connectivity index (χ3v) is 6.48. The van der Waals surface area contributed by atoms with Crippen molar-refractivity contribution in [1.29, 1.82) is 0 Å². The van der Waals surface area contributed by atoms with Crippen LogP contribution in [0.1, 0.15) is 46.1 Å². The van der Waals surface area contributed by atoms with E-state index in [0.29, 0.717) is 36.2 Å². The van der Waals surface area contributed by atoms with Gasteiger partial charge in [0, 0.05) is 42.5 Å². The van der Waals surface area contributed by atoms with Gasteiger partial charge in [0.25, 0.3) is 0 Å². The van der Waals surface area contributed by atoms with Crippen molar-refractivity contribution in [1.82, 2.24) is 9.97 Å². The zero-order valence-corrected chi connectivity index (χ0v) is 23.0. The first-order chi connectivity index (χ1) is 18.5. The number of nitrogens with two attached hydrogens (primary N) is 1. The maximum Gasteiger partial charge on any atom is 0.433 e. The van der Waals surface area contributed by atoms with Gasteiger partial charge in [0.15, 0.2) is 11.6 Å². The summed E-state index contributed by atoms with van der Waals surface area (Å²) >= 11 is 0. The molecule has 2 atom stereocenters. The number of nitrogens with one attached hydrogen (secondary N) is 2. The maximum atomic E-state index is 15.2. The van der Waals surface area contributed by atoms with E-state index in [9.17, 15) is 4.79 Å². The summed E-state index contributed by atoms with van der Waals surface area (Å²) in [7, 11) is 0. The van der Waals surface area contributed by atoms with E-state index in [2.05, 4.69) is 37.1 Å². The first-order valence-corrected chi connectivity index (χ1v) is 13.2. The van der Waals surface area contributed by atoms with Gasteiger partial charge in [0.1, 0.15) is 17.2 Å². The number of amides is 1. The van der Waals surface area contributed by atoms with Crippen LogP contribution >= 0.6 is 0 Å². The van der Waals surface area contributed by atoms with E-state index in [0.717, 1.165) is 31.7 Å². The minimum atomic E-state index is -0.654. The Bertz CT molecular complexity index is 1200. The van der Waals surface area contributed by atoms with Gasteiger partial charge in [-0.05, 0) is 57.7 Å². The van der Waals surface area contributed by atoms with Gasteiger partial charge in [-0.15, -0.1) is 0 Å². The highest BCUT2D eigenvalue weighted by atomic mass is 19.1. The molecule has 0 radical (unpaired) electrons. The number of ether oxygens (including phenoxy) is 2. The molecule has 39 heavy (non-hydrogen) atoms. The van der Waals surface area contributed by atoms with Crippen LogP contribution in [0.15, 0.2) is 36.0 Å². The summed E-state index contributed by atoms with van der Waals surface area (Å²) in [4.78, 5) is 27.3. The molecule has 2 aliphatic rings. The molecule has 1 amide bonds. The van der Waals surface area contributed by atoms with Crippen LogP contribution in [-0.2, 0) is 9.47 Å². The Kier molecular flexibility index (Phi) is 8.69. The molecule has 3 heterocycles. The molecule has 4 rings (SSSR count). The molecule has 4 N–H and O–H groups in total. The third kappa shape index (κ3) is 7.89. The number of aliphatic imine (C=N–C) groups is 1. The van der Waals surface area contributed by atoms with Crippen LogP contribution in [0.3, 0.4) is 0 Å². The lowest BCUT2D eigenvalue weighted by molar-refractivity contribution is 0.0604. The molecule has 1 saturated heterocycles. The summed E-state index contributed by atoms with van der Waals surface area (Å²) in [6, 6.07) is 4.95. The smallest absolute Gasteiger partial charge is 0.433 e. The molecule has 10 nitrogen and oxygen atoms in total. The highest BCUT2D eigenvalue weighted by Gasteiger charge is 2.35. The minimum absolute atomic E-state index is 0.0785. The normalized spacial score (nSPS) is 17.5. The van der Waals surface area contributed by atoms with Crippen LogP contribution in [0.4, 0.5) is 32.3 Å². The Hall–Kier alpha value is -3.73. The zero-order chi connectivity index (χ0) is 28.2. The van der Waals surface area contributed by atoms with E-state index in [1.165, 1.54) is 6.07 Å². The van der Waals surface area contributed by atoms with Crippen molar-refractivity contribution in [3.8, 4) is 0 Å². The van der Waals surface area contributed by atoms with E-state index in [4.69, 9.17) is 15.2 Å². The molecule has 1 saturated carbocycles. The van der Waals surface area contributed by atoms with Crippen LogP contribution in [0.2, 0.25) is 0 Å². The summed E-state index contributed by atoms with van der Waals surface area (Å²) in [5, 5.41) is 6.46. The van der Waals surface area contributed by atoms with Gasteiger partial charge in [0.2, 0.25) is 0 Å². The second kappa shape index (κ2) is 12.0. The summed E-state index contributed by atoms with van der Waals surface area (Å²) < 4.78 is 25.9. The van der Waals surface area contributed by atoms with Gasteiger partial charge >= 0.3 is 6.09 Å². The van der Waals surface area contributed by atoms with Gasteiger partial charge in [0.05, 0.1) is 25.1 Å². The molecule has 1 aliphatic heterocycles. The number of halogens is 1. The highest BCUT2D eigenvalue weighted by molar-refractivity contribution is 5.81. The molecule has 0 unspecified atom stereocenters. The molecule has 11 heteroatoms. The van der Waals surface area contributed by atoms with Crippen LogP contribution in [0.5, 0.6) is 0 Å². The Balaban J connectivity index is 1.52. The number of pyridine rings is 2. The van der Waals surface area contributed by atoms with Crippen molar-refractivity contribution in [2.24, 2.45) is 22.6 Å². The Labute approximate surface area is 228 Å². The van der Waals surface area contributed by atoms with Gasteiger partial charge in [-0.2, -0.15) is 4.99 Å². The van der Waals surface area contributed by atoms with Crippen molar-refractivity contribution in [3.63, 3.8) is 0 Å². The maximum absolute atomic E-state index is 15.2. The molecule has 2 aromatic heterocycles. The van der Waals surface area contributed by atoms with Crippen LogP contribution < -0.4 is 21.3 Å². The second-order valence-electron chi connectivity index (χ2n) is 11.0. The second-order valence-corrected chi connectivity index (χ2v) is 11.0. The van der Waals surface area contributed by atoms with Crippen molar-refractivity contribution >= 4 is 41.1 Å². The van der Waals surface area contributed by atoms with Crippen molar-refractivity contribution < 1.29 is 18.7 Å². The lowest BCUT2D eigenvalue weighted by Crippen LogP contribution is -2.36. The van der Waals surface area contributed by atoms with Gasteiger partial charge < -0.3 is 30.7 Å². The fraction of sp³-hybridized carbons (Fsp3) is 0.500. The highest BCUT2D eigenvalue weighted by Crippen LogP contribution is 2.38. The Morgan fingerprint density at radius 2 is 2.03 bits per heavy atom. The predicted molar refractivity (Wildman–Crippen MR) is 152 cm³/mol. The zero-order valence-electron chi connectivity index (χ0n) is 23.0. The van der Waals surface area contributed by atoms with E-state index >= 15 is 4.39 Å². The van der Waals surface area contributed by atoms with E-state index in [-0.39, 0.29) is 23.5 Å². The number of hydrogen-bond acceptors (Lipinski definition) is 9. The number of nitrogens with zero attached hydrogens (tertiary/aromatic N) is 4. The number of carbonyl (C=O) groups excluding carboxylic acids is 1. The third-order valence-electron chi connectivity index (χ3n) is 6.48. The Morgan fingerprint density at radius 3 is 2.62 bits per heavy atom. The number of anilines is 4. The summed E-state index contributed by atoms with van der Waals surface area (Å²) in [5.41, 5.74) is 6.56. The number of aromatic nitrogens is 2. The molecule has 210 valence electrons. The van der Waals surface area contributed by atoms with Crippen molar-refractivity contribution in [2.45, 2.75) is 52.2 Å². The molecule has 0 bridgehead atoms. The lowest BCUT2D eigenvalue weighted by Gasteiger charge is -2.27. The first kappa shape index (κ1) is 28.3. The topological polar surface area (TPSA) is 127 Å². The number of rotatable bonds is 9. The summed E-state index contributed by atoms with van der Waals surface area (Å²) in [6.45, 7) is 14.0. The fourth-order valence-electron chi connectivity index (χ4n) is 4.36. The number of morpholine rings is 1. The molecular weight excluding hydrogens is 501 g/mol. The van der Waals surface area contributed by atoms with Crippen molar-refractivity contribution in [3.05, 3.63) is 42.4 Å². The average molecular weight is 540 g/mol. The van der Waals surface area contributed by atoms with Gasteiger partial charge in [-0.1, -0.05) is 13.5 Å². The Morgan fingerprint density at radius 1 is 1.31 bits per heavy atom. The molecule has 1 aliphatic carbocycles. The van der Waals surface area contributed by atoms with E-state index in [1.54, 1.807) is 33.2 Å². The minimum Gasteiger partial charge on any atom is -0.442 e. The summed E-state index contributed by atoms with van der Waals surface area (Å²) in [6.07, 6.45) is 4.59. The lowest BCUT2D eigenvalue weighted by atomic mass is 9.98. The van der Waals surface area contributed by atoms with E-state index in [1.807, 2.05) is 19.1 Å². The monoisotopic (exact) mass is 539 g/mol. The fourth-order valence-corrected chi connectivity index (χ4v) is 4.36. The van der Waals surface area contributed by atoms with Crippen molar-refractivity contribution in [2.75, 3.05) is 41.8 Å². The van der Waals surface area contributed by atoms with Crippen LogP contribution in [0.25, 0.3) is 5.70 Å². The molecule has 2 aromatic rings. The molecule has 0 aromatic carbocycles. The van der Waals surface area contributed by atoms with Gasteiger partial charge in [-0.25, -0.2) is 19.2 Å². The average Bonchev–Trinajstić information content (AvgIpc) is 3.72. The number of carbonyl (C=O) groups is 1. The standard InChI is InChI=1S/C28H38FN7O3/c1-17(15-32-27(37)39-28(3,4)5)24(19-6-7-19)34-26-22(29)14-21(18(2)30)25(35-26)33-20-8-9-23(31-16-20)36-10-12-38-13-11-36/h8-9,14-17,19,24H,2,6-7,10-13,30H2,1,3-5H3,(H2,33,34,35)/t17-,24+/m1/s1. The SMILES string of the molecule is C=C(N)c1cc(F)c(N[C@H](C2CC2)[C@H](C)C=NC(=O)OC(C)(C)C)nc1Nc1ccc(N2CCOCC2)nc1.